The third kappa shape index (κ3) is 4.92. The van der Waals surface area contributed by atoms with Crippen molar-refractivity contribution in [2.75, 3.05) is 22.8 Å². The van der Waals surface area contributed by atoms with E-state index >= 15 is 0 Å². The molecule has 0 spiro atoms. The molecule has 0 fully saturated rings. The quantitative estimate of drug-likeness (QED) is 0.507. The highest BCUT2D eigenvalue weighted by molar-refractivity contribution is 7.92. The third-order valence-electron chi connectivity index (χ3n) is 5.36. The molecule has 0 saturated heterocycles. The van der Waals surface area contributed by atoms with Crippen LogP contribution in [0, 0.1) is 13.8 Å². The Morgan fingerprint density at radius 3 is 2.59 bits per heavy atom. The number of carbonyl (C=O) groups is 1. The van der Waals surface area contributed by atoms with E-state index in [-0.39, 0.29) is 11.4 Å². The highest BCUT2D eigenvalue weighted by atomic mass is 32.2. The Morgan fingerprint density at radius 2 is 1.85 bits per heavy atom. The Labute approximate surface area is 199 Å². The Kier molecular flexibility index (Phi) is 6.61. The standard InChI is InChI=1S/C26H26N2O5S/c1-4-14-32-21-7-5-6-20(16-21)27-26(29)25-17-28(23-13-10-19(3)15-24(23)33-25)34(30,31)22-11-8-18(2)9-12-22/h4-13,15-16,25H,1,14,17H2,2-3H3,(H,27,29). The average molecular weight is 479 g/mol. The molecule has 1 amide bonds. The van der Waals surface area contributed by atoms with Gasteiger partial charge in [-0.05, 0) is 55.8 Å². The molecule has 3 aromatic carbocycles. The van der Waals surface area contributed by atoms with Crippen LogP contribution in [0.2, 0.25) is 0 Å². The second-order valence-corrected chi connectivity index (χ2v) is 9.91. The molecule has 0 aromatic heterocycles. The number of benzene rings is 3. The van der Waals surface area contributed by atoms with Gasteiger partial charge in [0.2, 0.25) is 0 Å². The summed E-state index contributed by atoms with van der Waals surface area (Å²) in [5, 5.41) is 2.80. The van der Waals surface area contributed by atoms with Gasteiger partial charge in [0.25, 0.3) is 15.9 Å². The van der Waals surface area contributed by atoms with E-state index in [1.54, 1.807) is 66.7 Å². The van der Waals surface area contributed by atoms with Crippen LogP contribution in [-0.2, 0) is 14.8 Å². The van der Waals surface area contributed by atoms with E-state index in [0.717, 1.165) is 11.1 Å². The summed E-state index contributed by atoms with van der Waals surface area (Å²) in [6.45, 7) is 7.56. The van der Waals surface area contributed by atoms with E-state index in [1.165, 1.54) is 4.31 Å². The van der Waals surface area contributed by atoms with Crippen LogP contribution in [0.5, 0.6) is 11.5 Å². The van der Waals surface area contributed by atoms with Crippen LogP contribution in [0.1, 0.15) is 11.1 Å². The number of amides is 1. The van der Waals surface area contributed by atoms with Gasteiger partial charge in [-0.1, -0.05) is 42.5 Å². The molecule has 1 aliphatic heterocycles. The van der Waals surface area contributed by atoms with Crippen molar-refractivity contribution in [1.82, 2.24) is 0 Å². The molecule has 8 heteroatoms. The summed E-state index contributed by atoms with van der Waals surface area (Å²) >= 11 is 0. The molecule has 0 aliphatic carbocycles. The predicted molar refractivity (Wildman–Crippen MR) is 132 cm³/mol. The zero-order valence-electron chi connectivity index (χ0n) is 19.0. The number of fused-ring (bicyclic) bond motifs is 1. The fraction of sp³-hybridized carbons (Fsp3) is 0.192. The summed E-state index contributed by atoms with van der Waals surface area (Å²) in [4.78, 5) is 13.3. The van der Waals surface area contributed by atoms with Gasteiger partial charge < -0.3 is 14.8 Å². The highest BCUT2D eigenvalue weighted by Crippen LogP contribution is 2.38. The molecule has 1 heterocycles. The van der Waals surface area contributed by atoms with Gasteiger partial charge in [0.15, 0.2) is 6.10 Å². The second-order valence-electron chi connectivity index (χ2n) is 8.04. The van der Waals surface area contributed by atoms with Crippen LogP contribution in [-0.4, -0.2) is 33.6 Å². The van der Waals surface area contributed by atoms with Gasteiger partial charge in [-0.25, -0.2) is 8.42 Å². The van der Waals surface area contributed by atoms with Gasteiger partial charge in [-0.2, -0.15) is 0 Å². The first-order valence-electron chi connectivity index (χ1n) is 10.8. The minimum atomic E-state index is -3.92. The number of nitrogens with one attached hydrogen (secondary N) is 1. The molecule has 3 aromatic rings. The third-order valence-corrected chi connectivity index (χ3v) is 7.15. The van der Waals surface area contributed by atoms with Crippen LogP contribution >= 0.6 is 0 Å². The van der Waals surface area contributed by atoms with E-state index in [9.17, 15) is 13.2 Å². The first-order valence-corrected chi connectivity index (χ1v) is 12.2. The Hall–Kier alpha value is -3.78. The lowest BCUT2D eigenvalue weighted by atomic mass is 10.1. The lowest BCUT2D eigenvalue weighted by Gasteiger charge is -2.35. The first kappa shape index (κ1) is 23.4. The molecule has 1 atom stereocenters. The fourth-order valence-electron chi connectivity index (χ4n) is 3.60. The number of anilines is 2. The maximum atomic E-state index is 13.5. The van der Waals surface area contributed by atoms with E-state index in [2.05, 4.69) is 11.9 Å². The number of hydrogen-bond acceptors (Lipinski definition) is 5. The van der Waals surface area contributed by atoms with Crippen molar-refractivity contribution < 1.29 is 22.7 Å². The summed E-state index contributed by atoms with van der Waals surface area (Å²) in [5.74, 6) is 0.453. The van der Waals surface area contributed by atoms with Crippen molar-refractivity contribution in [1.29, 1.82) is 0 Å². The molecular formula is C26H26N2O5S. The smallest absolute Gasteiger partial charge is 0.267 e. The van der Waals surface area contributed by atoms with Gasteiger partial charge in [0, 0.05) is 11.8 Å². The number of ether oxygens (including phenoxy) is 2. The van der Waals surface area contributed by atoms with Gasteiger partial charge in [-0.3, -0.25) is 9.10 Å². The maximum absolute atomic E-state index is 13.5. The average Bonchev–Trinajstić information content (AvgIpc) is 2.82. The highest BCUT2D eigenvalue weighted by Gasteiger charge is 2.37. The molecule has 1 N–H and O–H groups in total. The van der Waals surface area contributed by atoms with E-state index in [1.807, 2.05) is 19.9 Å². The molecular weight excluding hydrogens is 452 g/mol. The van der Waals surface area contributed by atoms with Gasteiger partial charge >= 0.3 is 0 Å². The number of nitrogens with zero attached hydrogens (tertiary/aromatic N) is 1. The molecule has 0 saturated carbocycles. The number of rotatable bonds is 7. The summed E-state index contributed by atoms with van der Waals surface area (Å²) in [7, 11) is -3.92. The minimum absolute atomic E-state index is 0.151. The van der Waals surface area contributed by atoms with Crippen LogP contribution < -0.4 is 19.1 Å². The number of sulfonamides is 1. The first-order chi connectivity index (χ1) is 16.3. The summed E-state index contributed by atoms with van der Waals surface area (Å²) in [5.41, 5.74) is 2.75. The van der Waals surface area contributed by atoms with E-state index < -0.39 is 22.0 Å². The molecule has 7 nitrogen and oxygen atoms in total. The minimum Gasteiger partial charge on any atom is -0.489 e. The van der Waals surface area contributed by atoms with Crippen LogP contribution in [0.3, 0.4) is 0 Å². The Morgan fingerprint density at radius 1 is 1.12 bits per heavy atom. The molecule has 0 bridgehead atoms. The monoisotopic (exact) mass is 478 g/mol. The van der Waals surface area contributed by atoms with Crippen LogP contribution in [0.15, 0.2) is 84.3 Å². The van der Waals surface area contributed by atoms with Crippen molar-refractivity contribution >= 4 is 27.3 Å². The maximum Gasteiger partial charge on any atom is 0.267 e. The van der Waals surface area contributed by atoms with Crippen molar-refractivity contribution in [3.05, 3.63) is 90.5 Å². The van der Waals surface area contributed by atoms with E-state index in [0.29, 0.717) is 29.5 Å². The molecule has 0 radical (unpaired) electrons. The fourth-order valence-corrected chi connectivity index (χ4v) is 5.08. The normalized spacial score (nSPS) is 15.1. The second kappa shape index (κ2) is 9.61. The summed E-state index contributed by atoms with van der Waals surface area (Å²) < 4.78 is 39.8. The molecule has 1 aliphatic rings. The SMILES string of the molecule is C=CCOc1cccc(NC(=O)C2CN(S(=O)(=O)c3ccc(C)cc3)c3ccc(C)cc3O2)c1. The summed E-state index contributed by atoms with van der Waals surface area (Å²) in [6, 6.07) is 18.8. The molecule has 1 unspecified atom stereocenters. The zero-order chi connectivity index (χ0) is 24.3. The van der Waals surface area contributed by atoms with Crippen molar-refractivity contribution in [3.8, 4) is 11.5 Å². The number of hydrogen-bond donors (Lipinski definition) is 1. The Bertz CT molecular complexity index is 1320. The number of carbonyl (C=O) groups excluding carboxylic acids is 1. The van der Waals surface area contributed by atoms with Crippen LogP contribution in [0.4, 0.5) is 11.4 Å². The number of aryl methyl sites for hydroxylation is 2. The molecule has 176 valence electrons. The largest absolute Gasteiger partial charge is 0.489 e. The predicted octanol–water partition coefficient (Wildman–Crippen LogP) is 4.46. The van der Waals surface area contributed by atoms with Crippen molar-refractivity contribution in [2.45, 2.75) is 24.8 Å². The van der Waals surface area contributed by atoms with E-state index in [4.69, 9.17) is 9.47 Å². The van der Waals surface area contributed by atoms with Gasteiger partial charge in [-0.15, -0.1) is 0 Å². The lowest BCUT2D eigenvalue weighted by molar-refractivity contribution is -0.122. The zero-order valence-corrected chi connectivity index (χ0v) is 19.8. The van der Waals surface area contributed by atoms with Gasteiger partial charge in [0.1, 0.15) is 18.1 Å². The lowest BCUT2D eigenvalue weighted by Crippen LogP contribution is -2.48. The molecule has 4 rings (SSSR count). The van der Waals surface area contributed by atoms with Gasteiger partial charge in [0.05, 0.1) is 17.1 Å². The summed E-state index contributed by atoms with van der Waals surface area (Å²) in [6.07, 6.45) is 0.580. The topological polar surface area (TPSA) is 84.9 Å². The molecule has 34 heavy (non-hydrogen) atoms. The van der Waals surface area contributed by atoms with Crippen molar-refractivity contribution in [3.63, 3.8) is 0 Å². The van der Waals surface area contributed by atoms with Crippen molar-refractivity contribution in [2.24, 2.45) is 0 Å². The Balaban J connectivity index is 1.63. The van der Waals surface area contributed by atoms with Crippen LogP contribution in [0.25, 0.3) is 0 Å².